The lowest BCUT2D eigenvalue weighted by Crippen LogP contribution is -2.49. The Labute approximate surface area is 64.2 Å². The molecule has 0 aromatic rings. The summed E-state index contributed by atoms with van der Waals surface area (Å²) in [5.74, 6) is 0.841. The van der Waals surface area contributed by atoms with Crippen molar-refractivity contribution in [3.63, 3.8) is 0 Å². The van der Waals surface area contributed by atoms with Crippen molar-refractivity contribution < 1.29 is 0 Å². The zero-order valence-corrected chi connectivity index (χ0v) is 7.41. The number of nitrogens with one attached hydrogen (secondary N) is 1. The molecule has 10 heavy (non-hydrogen) atoms. The quantitative estimate of drug-likeness (QED) is 0.635. The van der Waals surface area contributed by atoms with Gasteiger partial charge >= 0.3 is 0 Å². The van der Waals surface area contributed by atoms with Crippen LogP contribution >= 0.6 is 0 Å². The van der Waals surface area contributed by atoms with Gasteiger partial charge in [0.05, 0.1) is 0 Å². The van der Waals surface area contributed by atoms with Crippen LogP contribution < -0.4 is 5.32 Å². The maximum atomic E-state index is 3.45. The van der Waals surface area contributed by atoms with E-state index in [1.54, 1.807) is 0 Å². The maximum absolute atomic E-state index is 3.45. The van der Waals surface area contributed by atoms with Gasteiger partial charge < -0.3 is 5.32 Å². The van der Waals surface area contributed by atoms with Crippen molar-refractivity contribution in [3.05, 3.63) is 0 Å². The van der Waals surface area contributed by atoms with Gasteiger partial charge in [-0.05, 0) is 38.6 Å². The average Bonchev–Trinajstić information content (AvgIpc) is 1.78. The van der Waals surface area contributed by atoms with Crippen molar-refractivity contribution in [2.45, 2.75) is 45.1 Å². The van der Waals surface area contributed by atoms with Crippen LogP contribution in [0.15, 0.2) is 0 Å². The Balaban J connectivity index is 2.33. The fourth-order valence-electron chi connectivity index (χ4n) is 1.94. The molecule has 0 saturated heterocycles. The lowest BCUT2D eigenvalue weighted by molar-refractivity contribution is 0.163. The predicted octanol–water partition coefficient (Wildman–Crippen LogP) is 2.17. The summed E-state index contributed by atoms with van der Waals surface area (Å²) in [6, 6.07) is 0. The molecule has 0 atom stereocenters. The van der Waals surface area contributed by atoms with Crippen LogP contribution in [0.1, 0.15) is 39.5 Å². The first-order valence-corrected chi connectivity index (χ1v) is 4.37. The van der Waals surface area contributed by atoms with E-state index in [1.807, 2.05) is 0 Å². The van der Waals surface area contributed by atoms with Crippen LogP contribution in [0.2, 0.25) is 0 Å². The summed E-state index contributed by atoms with van der Waals surface area (Å²) in [7, 11) is 2.10. The van der Waals surface area contributed by atoms with E-state index < -0.39 is 0 Å². The molecule has 0 amide bonds. The second kappa shape index (κ2) is 2.91. The molecule has 0 spiro atoms. The molecule has 1 fully saturated rings. The molecule has 1 N–H and O–H groups in total. The minimum atomic E-state index is 0.536. The molecule has 1 aliphatic rings. The third-order valence-corrected chi connectivity index (χ3v) is 2.64. The minimum Gasteiger partial charge on any atom is -0.314 e. The summed E-state index contributed by atoms with van der Waals surface area (Å²) in [5, 5.41) is 3.45. The fraction of sp³-hybridized carbons (Fsp3) is 1.00. The first-order valence-electron chi connectivity index (χ1n) is 4.37. The normalized spacial score (nSPS) is 22.8. The van der Waals surface area contributed by atoms with Crippen LogP contribution in [0, 0.1) is 5.92 Å². The van der Waals surface area contributed by atoms with Crippen molar-refractivity contribution in [3.8, 4) is 0 Å². The average molecular weight is 141 g/mol. The third-order valence-electron chi connectivity index (χ3n) is 2.64. The topological polar surface area (TPSA) is 12.0 Å². The molecule has 1 nitrogen and oxygen atoms in total. The SMILES string of the molecule is CNC1(CC(C)C)CCC1. The van der Waals surface area contributed by atoms with E-state index >= 15 is 0 Å². The molecule has 0 bridgehead atoms. The van der Waals surface area contributed by atoms with E-state index in [1.165, 1.54) is 25.7 Å². The van der Waals surface area contributed by atoms with Gasteiger partial charge in [0, 0.05) is 5.54 Å². The van der Waals surface area contributed by atoms with Gasteiger partial charge in [-0.3, -0.25) is 0 Å². The molecule has 0 heterocycles. The van der Waals surface area contributed by atoms with Gasteiger partial charge in [-0.25, -0.2) is 0 Å². The molecule has 0 unspecified atom stereocenters. The Kier molecular flexibility index (Phi) is 2.35. The molecule has 1 saturated carbocycles. The van der Waals surface area contributed by atoms with E-state index in [4.69, 9.17) is 0 Å². The summed E-state index contributed by atoms with van der Waals surface area (Å²) in [4.78, 5) is 0. The van der Waals surface area contributed by atoms with Gasteiger partial charge in [0.2, 0.25) is 0 Å². The maximum Gasteiger partial charge on any atom is 0.0181 e. The number of hydrogen-bond acceptors (Lipinski definition) is 1. The highest BCUT2D eigenvalue weighted by Gasteiger charge is 2.35. The highest BCUT2D eigenvalue weighted by molar-refractivity contribution is 4.95. The van der Waals surface area contributed by atoms with Crippen LogP contribution in [0.5, 0.6) is 0 Å². The molecule has 1 heteroatoms. The smallest absolute Gasteiger partial charge is 0.0181 e. The van der Waals surface area contributed by atoms with Gasteiger partial charge in [-0.1, -0.05) is 13.8 Å². The Morgan fingerprint density at radius 3 is 2.10 bits per heavy atom. The van der Waals surface area contributed by atoms with Gasteiger partial charge in [0.1, 0.15) is 0 Å². The molecule has 1 aliphatic carbocycles. The Morgan fingerprint density at radius 2 is 2.00 bits per heavy atom. The zero-order valence-electron chi connectivity index (χ0n) is 7.41. The van der Waals surface area contributed by atoms with Crippen LogP contribution in [-0.2, 0) is 0 Å². The van der Waals surface area contributed by atoms with Crippen LogP contribution in [0.25, 0.3) is 0 Å². The van der Waals surface area contributed by atoms with Gasteiger partial charge in [-0.2, -0.15) is 0 Å². The lowest BCUT2D eigenvalue weighted by Gasteiger charge is -2.43. The summed E-state index contributed by atoms with van der Waals surface area (Å²) in [5.41, 5.74) is 0.536. The third kappa shape index (κ3) is 1.51. The zero-order chi connectivity index (χ0) is 7.61. The van der Waals surface area contributed by atoms with Crippen molar-refractivity contribution in [1.82, 2.24) is 5.32 Å². The molecule has 60 valence electrons. The molecule has 0 radical (unpaired) electrons. The van der Waals surface area contributed by atoms with Crippen LogP contribution in [0.4, 0.5) is 0 Å². The molecular weight excluding hydrogens is 122 g/mol. The number of hydrogen-bond donors (Lipinski definition) is 1. The predicted molar refractivity (Wildman–Crippen MR) is 45.1 cm³/mol. The van der Waals surface area contributed by atoms with Crippen molar-refractivity contribution in [2.75, 3.05) is 7.05 Å². The molecule has 0 aliphatic heterocycles. The first kappa shape index (κ1) is 8.06. The molecule has 1 rings (SSSR count). The van der Waals surface area contributed by atoms with Crippen LogP contribution in [0.3, 0.4) is 0 Å². The standard InChI is InChI=1S/C9H19N/c1-8(2)7-9(10-3)5-4-6-9/h8,10H,4-7H2,1-3H3. The number of rotatable bonds is 3. The highest BCUT2D eigenvalue weighted by Crippen LogP contribution is 2.36. The molecular formula is C9H19N. The minimum absolute atomic E-state index is 0.536. The Bertz CT molecular complexity index is 97.8. The van der Waals surface area contributed by atoms with E-state index in [0.29, 0.717) is 5.54 Å². The second-order valence-electron chi connectivity index (χ2n) is 3.98. The largest absolute Gasteiger partial charge is 0.314 e. The fourth-order valence-corrected chi connectivity index (χ4v) is 1.94. The van der Waals surface area contributed by atoms with E-state index in [0.717, 1.165) is 5.92 Å². The first-order chi connectivity index (χ1) is 4.68. The molecule has 0 aromatic carbocycles. The lowest BCUT2D eigenvalue weighted by atomic mass is 9.72. The van der Waals surface area contributed by atoms with Crippen molar-refractivity contribution in [2.24, 2.45) is 5.92 Å². The van der Waals surface area contributed by atoms with E-state index in [-0.39, 0.29) is 0 Å². The molecule has 0 aromatic heterocycles. The van der Waals surface area contributed by atoms with Crippen LogP contribution in [-0.4, -0.2) is 12.6 Å². The van der Waals surface area contributed by atoms with Gasteiger partial charge in [0.25, 0.3) is 0 Å². The Morgan fingerprint density at radius 1 is 1.40 bits per heavy atom. The second-order valence-corrected chi connectivity index (χ2v) is 3.98. The van der Waals surface area contributed by atoms with Gasteiger partial charge in [-0.15, -0.1) is 0 Å². The van der Waals surface area contributed by atoms with Crippen molar-refractivity contribution >= 4 is 0 Å². The van der Waals surface area contributed by atoms with E-state index in [2.05, 4.69) is 26.2 Å². The monoisotopic (exact) mass is 141 g/mol. The van der Waals surface area contributed by atoms with E-state index in [9.17, 15) is 0 Å². The Hall–Kier alpha value is -0.0400. The van der Waals surface area contributed by atoms with Gasteiger partial charge in [0.15, 0.2) is 0 Å². The summed E-state index contributed by atoms with van der Waals surface area (Å²) in [6.07, 6.45) is 5.56. The summed E-state index contributed by atoms with van der Waals surface area (Å²) < 4.78 is 0. The summed E-state index contributed by atoms with van der Waals surface area (Å²) >= 11 is 0. The highest BCUT2D eigenvalue weighted by atomic mass is 15.0. The summed E-state index contributed by atoms with van der Waals surface area (Å²) in [6.45, 7) is 4.61. The van der Waals surface area contributed by atoms with Crippen molar-refractivity contribution in [1.29, 1.82) is 0 Å².